The second-order valence-electron chi connectivity index (χ2n) is 7.62. The van der Waals surface area contributed by atoms with Gasteiger partial charge in [0.25, 0.3) is 5.91 Å². The minimum Gasteiger partial charge on any atom is -0.406 e. The van der Waals surface area contributed by atoms with Crippen molar-refractivity contribution in [2.24, 2.45) is 11.8 Å². The number of benzene rings is 1. The van der Waals surface area contributed by atoms with Gasteiger partial charge in [-0.25, -0.2) is 9.37 Å². The van der Waals surface area contributed by atoms with Gasteiger partial charge in [-0.1, -0.05) is 0 Å². The van der Waals surface area contributed by atoms with Crippen LogP contribution in [0, 0.1) is 17.7 Å². The minimum atomic E-state index is -4.84. The Hall–Kier alpha value is -3.30. The molecule has 2 atom stereocenters. The Bertz CT molecular complexity index is 1150. The molecule has 2 fully saturated rings. The van der Waals surface area contributed by atoms with Gasteiger partial charge in [0.05, 0.1) is 11.8 Å². The molecule has 6 nitrogen and oxygen atoms in total. The van der Waals surface area contributed by atoms with Crippen LogP contribution < -0.4 is 10.5 Å². The first-order chi connectivity index (χ1) is 14.2. The van der Waals surface area contributed by atoms with E-state index >= 15 is 0 Å². The summed E-state index contributed by atoms with van der Waals surface area (Å²) in [5, 5.41) is 0.747. The molecule has 156 valence electrons. The van der Waals surface area contributed by atoms with E-state index in [1.807, 2.05) is 0 Å². The number of fused-ring (bicyclic) bond motifs is 2. The lowest BCUT2D eigenvalue weighted by atomic mass is 10.0. The average Bonchev–Trinajstić information content (AvgIpc) is 3.02. The summed E-state index contributed by atoms with van der Waals surface area (Å²) in [7, 11) is 0. The molecule has 2 aromatic heterocycles. The molecule has 2 aliphatic rings. The number of ether oxygens (including phenoxy) is 1. The number of H-pyrrole nitrogens is 1. The Labute approximate surface area is 167 Å². The van der Waals surface area contributed by atoms with E-state index in [0.29, 0.717) is 24.3 Å². The number of amides is 1. The number of nitrogens with zero attached hydrogens (tertiary/aromatic N) is 2. The van der Waals surface area contributed by atoms with Gasteiger partial charge >= 0.3 is 6.36 Å². The van der Waals surface area contributed by atoms with E-state index in [2.05, 4.69) is 14.7 Å². The predicted octanol–water partition coefficient (Wildman–Crippen LogP) is 3.67. The molecule has 1 amide bonds. The summed E-state index contributed by atoms with van der Waals surface area (Å²) in [6.07, 6.45) is -1.92. The Morgan fingerprint density at radius 3 is 2.63 bits per heavy atom. The third-order valence-corrected chi connectivity index (χ3v) is 5.88. The Kier molecular flexibility index (Phi) is 3.96. The maximum Gasteiger partial charge on any atom is 0.573 e. The topological polar surface area (TPSA) is 84.2 Å². The standard InChI is InChI=1S/C20H16F4N4O2/c21-14-6-27-18-11(3-4-26-18)17(14)16-12-7-28(8-13(12)16)19(29)10-2-1-9(5-15(10)25)30-20(22,23)24/h1-6,12-13,16H,7-8,25H2,(H,26,27). The number of pyridine rings is 1. The van der Waals surface area contributed by atoms with Gasteiger partial charge in [0, 0.05) is 42.0 Å². The third kappa shape index (κ3) is 3.03. The first kappa shape index (κ1) is 18.7. The van der Waals surface area contributed by atoms with Crippen LogP contribution in [0.25, 0.3) is 11.0 Å². The summed E-state index contributed by atoms with van der Waals surface area (Å²) >= 11 is 0. The van der Waals surface area contributed by atoms with Crippen LogP contribution in [0.5, 0.6) is 5.75 Å². The van der Waals surface area contributed by atoms with E-state index in [1.165, 1.54) is 12.3 Å². The van der Waals surface area contributed by atoms with E-state index in [-0.39, 0.29) is 40.7 Å². The number of piperidine rings is 1. The molecule has 1 saturated carbocycles. The van der Waals surface area contributed by atoms with E-state index in [4.69, 9.17) is 5.73 Å². The number of rotatable bonds is 3. The number of nitrogens with one attached hydrogen (secondary N) is 1. The number of hydrogen-bond acceptors (Lipinski definition) is 4. The highest BCUT2D eigenvalue weighted by Crippen LogP contribution is 2.59. The first-order valence-electron chi connectivity index (χ1n) is 9.29. The van der Waals surface area contributed by atoms with Crippen molar-refractivity contribution in [3.63, 3.8) is 0 Å². The first-order valence-corrected chi connectivity index (χ1v) is 9.29. The number of nitrogen functional groups attached to an aromatic ring is 1. The van der Waals surface area contributed by atoms with Crippen LogP contribution in [-0.4, -0.2) is 40.2 Å². The van der Waals surface area contributed by atoms with E-state index in [9.17, 15) is 22.4 Å². The Morgan fingerprint density at radius 1 is 1.23 bits per heavy atom. The lowest BCUT2D eigenvalue weighted by molar-refractivity contribution is -0.274. The van der Waals surface area contributed by atoms with Gasteiger partial charge < -0.3 is 20.4 Å². The number of hydrogen-bond donors (Lipinski definition) is 2. The molecule has 1 aliphatic heterocycles. The smallest absolute Gasteiger partial charge is 0.406 e. The number of alkyl halides is 3. The molecule has 1 saturated heterocycles. The summed E-state index contributed by atoms with van der Waals surface area (Å²) in [6, 6.07) is 5.07. The van der Waals surface area contributed by atoms with Crippen molar-refractivity contribution in [1.29, 1.82) is 0 Å². The van der Waals surface area contributed by atoms with E-state index in [1.54, 1.807) is 17.2 Å². The SMILES string of the molecule is Nc1cc(OC(F)(F)F)ccc1C(=O)N1CC2C(C1)C2c1c(F)cnc2[nH]ccc12. The maximum atomic E-state index is 14.5. The molecule has 5 rings (SSSR count). The van der Waals surface area contributed by atoms with Crippen molar-refractivity contribution in [1.82, 2.24) is 14.9 Å². The van der Waals surface area contributed by atoms with Crippen molar-refractivity contribution >= 4 is 22.6 Å². The number of anilines is 1. The zero-order valence-corrected chi connectivity index (χ0v) is 15.4. The Morgan fingerprint density at radius 2 is 1.97 bits per heavy atom. The van der Waals surface area contributed by atoms with Crippen molar-refractivity contribution in [2.45, 2.75) is 12.3 Å². The number of likely N-dealkylation sites (tertiary alicyclic amines) is 1. The van der Waals surface area contributed by atoms with Crippen LogP contribution in [0.1, 0.15) is 21.8 Å². The summed E-state index contributed by atoms with van der Waals surface area (Å²) in [6.45, 7) is 0.865. The van der Waals surface area contributed by atoms with Gasteiger partial charge in [-0.2, -0.15) is 0 Å². The van der Waals surface area contributed by atoms with Gasteiger partial charge in [0.2, 0.25) is 0 Å². The second kappa shape index (κ2) is 6.35. The van der Waals surface area contributed by atoms with Crippen molar-refractivity contribution < 1.29 is 27.1 Å². The highest BCUT2D eigenvalue weighted by atomic mass is 19.4. The van der Waals surface area contributed by atoms with Crippen molar-refractivity contribution in [2.75, 3.05) is 18.8 Å². The highest BCUT2D eigenvalue weighted by molar-refractivity contribution is 5.99. The zero-order chi connectivity index (χ0) is 21.2. The van der Waals surface area contributed by atoms with E-state index in [0.717, 1.165) is 17.5 Å². The third-order valence-electron chi connectivity index (χ3n) is 5.88. The second-order valence-corrected chi connectivity index (χ2v) is 7.62. The fourth-order valence-corrected chi connectivity index (χ4v) is 4.57. The normalized spacial score (nSPS) is 22.9. The lowest BCUT2D eigenvalue weighted by Gasteiger charge is -2.21. The fraction of sp³-hybridized carbons (Fsp3) is 0.300. The molecular weight excluding hydrogens is 404 g/mol. The monoisotopic (exact) mass is 420 g/mol. The quantitative estimate of drug-likeness (QED) is 0.500. The number of nitrogens with two attached hydrogens (primary N) is 1. The molecular formula is C20H16F4N4O2. The largest absolute Gasteiger partial charge is 0.573 e. The van der Waals surface area contributed by atoms with Crippen molar-refractivity contribution in [3.05, 3.63) is 53.6 Å². The molecule has 0 bridgehead atoms. The molecule has 0 radical (unpaired) electrons. The van der Waals surface area contributed by atoms with Crippen LogP contribution in [-0.2, 0) is 0 Å². The summed E-state index contributed by atoms with van der Waals surface area (Å²) in [4.78, 5) is 21.4. The maximum absolute atomic E-state index is 14.5. The van der Waals surface area contributed by atoms with Crippen LogP contribution in [0.4, 0.5) is 23.2 Å². The minimum absolute atomic E-state index is 0.00950. The summed E-state index contributed by atoms with van der Waals surface area (Å²) < 4.78 is 55.3. The Balaban J connectivity index is 1.31. The van der Waals surface area contributed by atoms with Crippen molar-refractivity contribution in [3.8, 4) is 5.75 Å². The number of halogens is 4. The molecule has 1 aromatic carbocycles. The van der Waals surface area contributed by atoms with Gasteiger partial charge in [0.15, 0.2) is 0 Å². The van der Waals surface area contributed by atoms with Gasteiger partial charge in [-0.3, -0.25) is 4.79 Å². The van der Waals surface area contributed by atoms with Crippen LogP contribution in [0.3, 0.4) is 0 Å². The highest BCUT2D eigenvalue weighted by Gasteiger charge is 2.58. The molecule has 2 unspecified atom stereocenters. The molecule has 30 heavy (non-hydrogen) atoms. The molecule has 3 aromatic rings. The van der Waals surface area contributed by atoms with Crippen LogP contribution in [0.2, 0.25) is 0 Å². The average molecular weight is 420 g/mol. The fourth-order valence-electron chi connectivity index (χ4n) is 4.57. The molecule has 1 aliphatic carbocycles. The number of aromatic amines is 1. The van der Waals surface area contributed by atoms with E-state index < -0.39 is 12.1 Å². The van der Waals surface area contributed by atoms with Gasteiger partial charge in [-0.15, -0.1) is 13.2 Å². The number of carbonyl (C=O) groups is 1. The number of carbonyl (C=O) groups excluding carboxylic acids is 1. The molecule has 0 spiro atoms. The van der Waals surface area contributed by atoms with Crippen LogP contribution in [0.15, 0.2) is 36.7 Å². The van der Waals surface area contributed by atoms with Gasteiger partial charge in [0.1, 0.15) is 17.2 Å². The molecule has 3 N–H and O–H groups in total. The molecule has 3 heterocycles. The predicted molar refractivity (Wildman–Crippen MR) is 99.2 cm³/mol. The summed E-state index contributed by atoms with van der Waals surface area (Å²) in [5.74, 6) is -0.946. The van der Waals surface area contributed by atoms with Crippen LogP contribution >= 0.6 is 0 Å². The number of aromatic nitrogens is 2. The molecule has 10 heteroatoms. The lowest BCUT2D eigenvalue weighted by Crippen LogP contribution is -2.32. The zero-order valence-electron chi connectivity index (χ0n) is 15.4. The summed E-state index contributed by atoms with van der Waals surface area (Å²) in [5.41, 5.74) is 7.06. The van der Waals surface area contributed by atoms with Gasteiger partial charge in [-0.05, 0) is 36.0 Å².